The first-order chi connectivity index (χ1) is 12.3. The lowest BCUT2D eigenvalue weighted by atomic mass is 10.2. The monoisotopic (exact) mass is 379 g/mol. The molecule has 142 valence electrons. The van der Waals surface area contributed by atoms with E-state index in [-0.39, 0.29) is 12.2 Å². The van der Waals surface area contributed by atoms with Gasteiger partial charge in [-0.05, 0) is 42.7 Å². The molecule has 0 aliphatic carbocycles. The Morgan fingerprint density at radius 1 is 1.12 bits per heavy atom. The quantitative estimate of drug-likeness (QED) is 0.684. The van der Waals surface area contributed by atoms with Gasteiger partial charge in [0.05, 0.1) is 6.61 Å². The Kier molecular flexibility index (Phi) is 6.99. The zero-order valence-corrected chi connectivity index (χ0v) is 16.6. The van der Waals surface area contributed by atoms with Crippen LogP contribution in [0.2, 0.25) is 0 Å². The molecule has 0 saturated heterocycles. The molecule has 6 heteroatoms. The summed E-state index contributed by atoms with van der Waals surface area (Å²) in [5.41, 5.74) is 0.917. The van der Waals surface area contributed by atoms with Crippen LogP contribution in [0.5, 0.6) is 0 Å². The number of aliphatic hydroxyl groups is 1. The number of hydrogen-bond donors (Lipinski definition) is 1. The molecule has 0 spiro atoms. The van der Waals surface area contributed by atoms with Gasteiger partial charge < -0.3 is 14.5 Å². The van der Waals surface area contributed by atoms with Crippen LogP contribution in [0.25, 0.3) is 0 Å². The molecular weight excluding hydrogens is 352 g/mol. The fourth-order valence-corrected chi connectivity index (χ4v) is 4.63. The Hall–Kier alpha value is -1.68. The lowest BCUT2D eigenvalue weighted by Crippen LogP contribution is -2.17. The fraction of sp³-hybridized carbons (Fsp3) is 0.400. The van der Waals surface area contributed by atoms with Crippen molar-refractivity contribution >= 4 is 18.4 Å². The van der Waals surface area contributed by atoms with Gasteiger partial charge in [-0.15, -0.1) is 0 Å². The summed E-state index contributed by atoms with van der Waals surface area (Å²) in [5, 5.41) is 11.2. The van der Waals surface area contributed by atoms with E-state index in [9.17, 15) is 14.1 Å². The average Bonchev–Trinajstić information content (AvgIpc) is 2.61. The van der Waals surface area contributed by atoms with Gasteiger partial charge in [0, 0.05) is 30.7 Å². The van der Waals surface area contributed by atoms with E-state index < -0.39 is 19.0 Å². The smallest absolute Gasteiger partial charge is 0.264 e. The van der Waals surface area contributed by atoms with E-state index in [1.807, 2.05) is 45.0 Å². The number of anilines is 1. The Morgan fingerprint density at radius 3 is 2.27 bits per heavy atom. The first-order valence-electron chi connectivity index (χ1n) is 8.70. The van der Waals surface area contributed by atoms with Gasteiger partial charge in [0.15, 0.2) is 5.85 Å². The molecule has 2 atom stereocenters. The highest BCUT2D eigenvalue weighted by Gasteiger charge is 2.37. The summed E-state index contributed by atoms with van der Waals surface area (Å²) in [4.78, 5) is 1.92. The van der Waals surface area contributed by atoms with Gasteiger partial charge in [0.2, 0.25) is 0 Å². The van der Waals surface area contributed by atoms with Crippen molar-refractivity contribution < 1.29 is 18.6 Å². The number of aliphatic hydroxyl groups excluding tert-OH is 1. The predicted octanol–water partition coefficient (Wildman–Crippen LogP) is 4.55. The minimum absolute atomic E-state index is 0.0166. The lowest BCUT2D eigenvalue weighted by Gasteiger charge is -2.25. The SMILES string of the molecule is CC(C)CCO[P@](=O)(c1ccc(N(C)C)cc1)[C@H](O)c1ccccc1F. The van der Waals surface area contributed by atoms with E-state index in [1.54, 1.807) is 18.2 Å². The van der Waals surface area contributed by atoms with Crippen LogP contribution in [0.1, 0.15) is 31.7 Å². The highest BCUT2D eigenvalue weighted by molar-refractivity contribution is 7.67. The van der Waals surface area contributed by atoms with Crippen molar-refractivity contribution in [3.8, 4) is 0 Å². The first-order valence-corrected chi connectivity index (χ1v) is 10.4. The number of halogens is 1. The van der Waals surface area contributed by atoms with E-state index in [1.165, 1.54) is 18.2 Å². The van der Waals surface area contributed by atoms with Crippen molar-refractivity contribution in [2.75, 3.05) is 25.6 Å². The Morgan fingerprint density at radius 2 is 1.73 bits per heavy atom. The molecule has 26 heavy (non-hydrogen) atoms. The second kappa shape index (κ2) is 8.81. The Bertz CT molecular complexity index is 762. The van der Waals surface area contributed by atoms with Gasteiger partial charge in [-0.3, -0.25) is 4.57 Å². The summed E-state index contributed by atoms with van der Waals surface area (Å²) < 4.78 is 33.6. The summed E-state index contributed by atoms with van der Waals surface area (Å²) in [6.07, 6.45) is 0.698. The topological polar surface area (TPSA) is 49.8 Å². The highest BCUT2D eigenvalue weighted by Crippen LogP contribution is 2.58. The third-order valence-electron chi connectivity index (χ3n) is 4.21. The van der Waals surface area contributed by atoms with Crippen LogP contribution in [0.4, 0.5) is 10.1 Å². The molecule has 0 aliphatic heterocycles. The maximum absolute atomic E-state index is 14.2. The Labute approximate surface area is 155 Å². The number of benzene rings is 2. The van der Waals surface area contributed by atoms with E-state index in [0.717, 1.165) is 5.69 Å². The lowest BCUT2D eigenvalue weighted by molar-refractivity contribution is 0.205. The van der Waals surface area contributed by atoms with E-state index >= 15 is 0 Å². The van der Waals surface area contributed by atoms with Crippen molar-refractivity contribution in [2.24, 2.45) is 5.92 Å². The number of rotatable bonds is 8. The predicted molar refractivity (Wildman–Crippen MR) is 105 cm³/mol. The second-order valence-electron chi connectivity index (χ2n) is 6.92. The van der Waals surface area contributed by atoms with Crippen molar-refractivity contribution in [1.29, 1.82) is 0 Å². The summed E-state index contributed by atoms with van der Waals surface area (Å²) in [7, 11) is 0.0885. The highest BCUT2D eigenvalue weighted by atomic mass is 31.2. The number of nitrogens with zero attached hydrogens (tertiary/aromatic N) is 1. The normalized spacial score (nSPS) is 14.9. The molecule has 0 bridgehead atoms. The van der Waals surface area contributed by atoms with E-state index in [4.69, 9.17) is 4.52 Å². The molecule has 0 aliphatic rings. The molecule has 0 saturated carbocycles. The molecule has 0 heterocycles. The minimum Gasteiger partial charge on any atom is -0.378 e. The molecule has 0 amide bonds. The van der Waals surface area contributed by atoms with Gasteiger partial charge in [0.1, 0.15) is 5.82 Å². The number of hydrogen-bond acceptors (Lipinski definition) is 4. The molecule has 0 fully saturated rings. The van der Waals surface area contributed by atoms with E-state index in [2.05, 4.69) is 0 Å². The summed E-state index contributed by atoms with van der Waals surface area (Å²) in [6, 6.07) is 12.8. The van der Waals surface area contributed by atoms with Crippen molar-refractivity contribution in [3.63, 3.8) is 0 Å². The van der Waals surface area contributed by atoms with Gasteiger partial charge in [-0.25, -0.2) is 4.39 Å². The third kappa shape index (κ3) is 4.73. The maximum atomic E-state index is 14.2. The standard InChI is InChI=1S/C20H27FNO3P/c1-15(2)13-14-25-26(24,17-11-9-16(10-12-17)22(3)4)20(23)18-7-5-6-8-19(18)21/h5-12,15,20,23H,13-14H2,1-4H3/t20-,26+/m0/s1. The molecule has 4 nitrogen and oxygen atoms in total. The zero-order valence-electron chi connectivity index (χ0n) is 15.7. The van der Waals surface area contributed by atoms with Crippen molar-refractivity contribution in [2.45, 2.75) is 26.1 Å². The minimum atomic E-state index is -3.72. The van der Waals surface area contributed by atoms with Crippen LogP contribution in [-0.2, 0) is 9.09 Å². The molecule has 1 N–H and O–H groups in total. The maximum Gasteiger partial charge on any atom is 0.264 e. The molecule has 2 aromatic carbocycles. The van der Waals surface area contributed by atoms with Crippen LogP contribution >= 0.6 is 7.37 Å². The molecule has 2 rings (SSSR count). The van der Waals surface area contributed by atoms with Crippen LogP contribution < -0.4 is 10.2 Å². The van der Waals surface area contributed by atoms with Gasteiger partial charge in [0.25, 0.3) is 7.37 Å². The van der Waals surface area contributed by atoms with Gasteiger partial charge in [-0.2, -0.15) is 0 Å². The molecule has 0 aromatic heterocycles. The summed E-state index contributed by atoms with van der Waals surface area (Å²) >= 11 is 0. The summed E-state index contributed by atoms with van der Waals surface area (Å²) in [6.45, 7) is 4.30. The fourth-order valence-electron chi connectivity index (χ4n) is 2.54. The van der Waals surface area contributed by atoms with Gasteiger partial charge in [-0.1, -0.05) is 32.0 Å². The van der Waals surface area contributed by atoms with Crippen LogP contribution in [0.15, 0.2) is 48.5 Å². The second-order valence-corrected chi connectivity index (χ2v) is 9.38. The average molecular weight is 379 g/mol. The van der Waals surface area contributed by atoms with Crippen LogP contribution in [-0.4, -0.2) is 25.8 Å². The van der Waals surface area contributed by atoms with Crippen LogP contribution in [0.3, 0.4) is 0 Å². The van der Waals surface area contributed by atoms with Gasteiger partial charge >= 0.3 is 0 Å². The van der Waals surface area contributed by atoms with Crippen molar-refractivity contribution in [1.82, 2.24) is 0 Å². The molecule has 0 radical (unpaired) electrons. The third-order valence-corrected chi connectivity index (χ3v) is 6.72. The van der Waals surface area contributed by atoms with Crippen LogP contribution in [0, 0.1) is 11.7 Å². The van der Waals surface area contributed by atoms with Crippen molar-refractivity contribution in [3.05, 3.63) is 59.9 Å². The Balaban J connectivity index is 2.41. The largest absolute Gasteiger partial charge is 0.378 e. The molecule has 2 aromatic rings. The van der Waals surface area contributed by atoms with E-state index in [0.29, 0.717) is 17.6 Å². The molecular formula is C20H27FNO3P. The summed E-state index contributed by atoms with van der Waals surface area (Å²) in [5.74, 6) is -1.79. The molecule has 0 unspecified atom stereocenters. The first kappa shape index (κ1) is 20.6. The zero-order chi connectivity index (χ0) is 19.3.